The molecule has 1 aliphatic heterocycles. The van der Waals surface area contributed by atoms with Gasteiger partial charge in [-0.05, 0) is 37.0 Å². The van der Waals surface area contributed by atoms with E-state index in [9.17, 15) is 4.79 Å². The molecule has 1 amide bonds. The van der Waals surface area contributed by atoms with Crippen LogP contribution in [0.4, 0.5) is 0 Å². The second kappa shape index (κ2) is 10.2. The predicted molar refractivity (Wildman–Crippen MR) is 115 cm³/mol. The molecule has 31 heavy (non-hydrogen) atoms. The summed E-state index contributed by atoms with van der Waals surface area (Å²) in [4.78, 5) is 16.5. The summed E-state index contributed by atoms with van der Waals surface area (Å²) < 4.78 is 19.0. The molecule has 1 aromatic heterocycles. The minimum Gasteiger partial charge on any atom is -0.496 e. The van der Waals surface area contributed by atoms with Crippen LogP contribution in [0.3, 0.4) is 0 Å². The van der Waals surface area contributed by atoms with Crippen molar-refractivity contribution in [1.29, 1.82) is 0 Å². The number of hydrogen-bond acceptors (Lipinski definition) is 6. The Balaban J connectivity index is 1.54. The number of carbonyl (C=O) groups excluding carboxylic acids is 1. The van der Waals surface area contributed by atoms with Gasteiger partial charge in [-0.25, -0.2) is 9.67 Å². The normalized spacial score (nSPS) is 25.6. The standard InChI is InChI=1S/C23H32N4O4/c1-29-10-9-23(28)26-19-12-22(31-21-6-4-3-5-18(19)21)16-7-8-20(30-2)17(11-16)13-27-15-24-14-25-27/h7-8,11,14-15,18-19,21-22H,3-6,9-10,12-13H2,1-2H3,(H,26,28)/t18-,19+,21+,22+/m0/s1. The summed E-state index contributed by atoms with van der Waals surface area (Å²) >= 11 is 0. The number of amides is 1. The first kappa shape index (κ1) is 21.8. The Kier molecular flexibility index (Phi) is 7.19. The molecule has 0 radical (unpaired) electrons. The zero-order chi connectivity index (χ0) is 21.6. The smallest absolute Gasteiger partial charge is 0.222 e. The molecule has 1 aliphatic carbocycles. The maximum atomic E-state index is 12.4. The van der Waals surface area contributed by atoms with Crippen molar-refractivity contribution in [3.8, 4) is 5.75 Å². The number of ether oxygens (including phenoxy) is 3. The van der Waals surface area contributed by atoms with Crippen molar-refractivity contribution in [2.75, 3.05) is 20.8 Å². The molecule has 4 atom stereocenters. The lowest BCUT2D eigenvalue weighted by atomic mass is 9.76. The molecule has 0 bridgehead atoms. The van der Waals surface area contributed by atoms with E-state index in [1.807, 2.05) is 6.07 Å². The number of methoxy groups -OCH3 is 2. The van der Waals surface area contributed by atoms with Gasteiger partial charge in [-0.1, -0.05) is 18.9 Å². The molecule has 8 heteroatoms. The van der Waals surface area contributed by atoms with Gasteiger partial charge in [-0.15, -0.1) is 0 Å². The fourth-order valence-electron chi connectivity index (χ4n) is 4.89. The number of fused-ring (bicyclic) bond motifs is 1. The molecule has 1 aromatic carbocycles. The van der Waals surface area contributed by atoms with E-state index in [1.165, 1.54) is 19.2 Å². The Morgan fingerprint density at radius 1 is 1.29 bits per heavy atom. The van der Waals surface area contributed by atoms with Crippen LogP contribution in [-0.2, 0) is 20.8 Å². The number of benzene rings is 1. The van der Waals surface area contributed by atoms with E-state index in [4.69, 9.17) is 14.2 Å². The Morgan fingerprint density at radius 2 is 2.16 bits per heavy atom. The molecule has 2 heterocycles. The predicted octanol–water partition coefficient (Wildman–Crippen LogP) is 2.88. The van der Waals surface area contributed by atoms with Gasteiger partial charge in [0, 0.05) is 31.1 Å². The van der Waals surface area contributed by atoms with Gasteiger partial charge in [0.15, 0.2) is 0 Å². The summed E-state index contributed by atoms with van der Waals surface area (Å²) in [6.07, 6.45) is 9.04. The average Bonchev–Trinajstić information content (AvgIpc) is 3.30. The summed E-state index contributed by atoms with van der Waals surface area (Å²) in [5.41, 5.74) is 2.14. The SMILES string of the molecule is COCCC(=O)N[C@@H]1C[C@H](c2ccc(OC)c(Cn3cncn3)c2)O[C@@H]2CCCC[C@@H]12. The van der Waals surface area contributed by atoms with Crippen LogP contribution in [0.2, 0.25) is 0 Å². The van der Waals surface area contributed by atoms with Crippen molar-refractivity contribution in [3.63, 3.8) is 0 Å². The molecule has 1 saturated carbocycles. The Hall–Kier alpha value is -2.45. The largest absolute Gasteiger partial charge is 0.496 e. The number of aromatic nitrogens is 3. The Bertz CT molecular complexity index is 857. The number of hydrogen-bond donors (Lipinski definition) is 1. The van der Waals surface area contributed by atoms with E-state index >= 15 is 0 Å². The van der Waals surface area contributed by atoms with E-state index < -0.39 is 0 Å². The van der Waals surface area contributed by atoms with Gasteiger partial charge in [0.2, 0.25) is 5.91 Å². The van der Waals surface area contributed by atoms with Gasteiger partial charge in [0.05, 0.1) is 32.5 Å². The highest BCUT2D eigenvalue weighted by atomic mass is 16.5. The number of rotatable bonds is 8. The van der Waals surface area contributed by atoms with E-state index in [1.54, 1.807) is 25.2 Å². The van der Waals surface area contributed by atoms with E-state index in [-0.39, 0.29) is 24.2 Å². The monoisotopic (exact) mass is 428 g/mol. The molecule has 4 rings (SSSR count). The first-order chi connectivity index (χ1) is 15.2. The second-order valence-corrected chi connectivity index (χ2v) is 8.43. The highest BCUT2D eigenvalue weighted by Crippen LogP contribution is 2.42. The van der Waals surface area contributed by atoms with E-state index in [0.717, 1.165) is 36.1 Å². The van der Waals surface area contributed by atoms with Gasteiger partial charge in [0.25, 0.3) is 0 Å². The molecular weight excluding hydrogens is 396 g/mol. The summed E-state index contributed by atoms with van der Waals surface area (Å²) in [6, 6.07) is 6.32. The number of carbonyl (C=O) groups is 1. The Morgan fingerprint density at radius 3 is 2.94 bits per heavy atom. The average molecular weight is 429 g/mol. The minimum absolute atomic E-state index is 0.0541. The van der Waals surface area contributed by atoms with Crippen LogP contribution >= 0.6 is 0 Å². The lowest BCUT2D eigenvalue weighted by Gasteiger charge is -2.45. The van der Waals surface area contributed by atoms with Crippen molar-refractivity contribution >= 4 is 5.91 Å². The highest BCUT2D eigenvalue weighted by molar-refractivity contribution is 5.76. The lowest BCUT2D eigenvalue weighted by molar-refractivity contribution is -0.133. The zero-order valence-electron chi connectivity index (χ0n) is 18.3. The van der Waals surface area contributed by atoms with E-state index in [2.05, 4.69) is 27.5 Å². The van der Waals surface area contributed by atoms with Crippen LogP contribution in [0, 0.1) is 5.92 Å². The summed E-state index contributed by atoms with van der Waals surface area (Å²) in [7, 11) is 3.30. The third kappa shape index (κ3) is 5.25. The molecule has 0 unspecified atom stereocenters. The first-order valence-corrected chi connectivity index (χ1v) is 11.1. The van der Waals surface area contributed by atoms with E-state index in [0.29, 0.717) is 25.5 Å². The number of nitrogens with one attached hydrogen (secondary N) is 1. The fourth-order valence-corrected chi connectivity index (χ4v) is 4.89. The van der Waals surface area contributed by atoms with Gasteiger partial charge in [-0.2, -0.15) is 5.10 Å². The molecule has 2 aliphatic rings. The van der Waals surface area contributed by atoms with Crippen molar-refractivity contribution in [2.45, 2.75) is 63.3 Å². The van der Waals surface area contributed by atoms with Crippen LogP contribution in [0.5, 0.6) is 5.75 Å². The van der Waals surface area contributed by atoms with Gasteiger partial charge >= 0.3 is 0 Å². The van der Waals surface area contributed by atoms with Crippen molar-refractivity contribution in [2.24, 2.45) is 5.92 Å². The third-order valence-electron chi connectivity index (χ3n) is 6.43. The van der Waals surface area contributed by atoms with Crippen molar-refractivity contribution in [1.82, 2.24) is 20.1 Å². The van der Waals surface area contributed by atoms with Gasteiger partial charge in [0.1, 0.15) is 18.4 Å². The minimum atomic E-state index is -0.0625. The molecule has 1 saturated heterocycles. The molecule has 0 spiro atoms. The first-order valence-electron chi connectivity index (χ1n) is 11.1. The topological polar surface area (TPSA) is 87.5 Å². The van der Waals surface area contributed by atoms with Crippen molar-refractivity contribution in [3.05, 3.63) is 42.0 Å². The number of nitrogens with zero attached hydrogens (tertiary/aromatic N) is 3. The van der Waals surface area contributed by atoms with Gasteiger partial charge in [-0.3, -0.25) is 4.79 Å². The molecule has 1 N–H and O–H groups in total. The van der Waals surface area contributed by atoms with Crippen LogP contribution < -0.4 is 10.1 Å². The quantitative estimate of drug-likeness (QED) is 0.696. The van der Waals surface area contributed by atoms with Crippen LogP contribution in [0.25, 0.3) is 0 Å². The third-order valence-corrected chi connectivity index (χ3v) is 6.43. The fraction of sp³-hybridized carbons (Fsp3) is 0.609. The molecule has 2 aromatic rings. The summed E-state index contributed by atoms with van der Waals surface area (Å²) in [5.74, 6) is 1.25. The maximum absolute atomic E-state index is 12.4. The van der Waals surface area contributed by atoms with Crippen LogP contribution in [-0.4, -0.2) is 53.6 Å². The van der Waals surface area contributed by atoms with Crippen LogP contribution in [0.1, 0.15) is 55.8 Å². The summed E-state index contributed by atoms with van der Waals surface area (Å²) in [5, 5.41) is 7.49. The lowest BCUT2D eigenvalue weighted by Crippen LogP contribution is -2.51. The summed E-state index contributed by atoms with van der Waals surface area (Å²) in [6.45, 7) is 1.02. The van der Waals surface area contributed by atoms with Crippen molar-refractivity contribution < 1.29 is 19.0 Å². The highest BCUT2D eigenvalue weighted by Gasteiger charge is 2.41. The Labute approximate surface area is 183 Å². The second-order valence-electron chi connectivity index (χ2n) is 8.43. The maximum Gasteiger partial charge on any atom is 0.222 e. The van der Waals surface area contributed by atoms with Gasteiger partial charge < -0.3 is 19.5 Å². The molecular formula is C23H32N4O4. The zero-order valence-corrected chi connectivity index (χ0v) is 18.3. The molecule has 2 fully saturated rings. The molecule has 168 valence electrons. The van der Waals surface area contributed by atoms with Crippen LogP contribution in [0.15, 0.2) is 30.9 Å². The molecule has 8 nitrogen and oxygen atoms in total.